The minimum Gasteiger partial charge on any atom is -0.466 e. The first-order valence-corrected chi connectivity index (χ1v) is 6.51. The molecule has 0 heterocycles. The van der Waals surface area contributed by atoms with E-state index in [9.17, 15) is 9.59 Å². The van der Waals surface area contributed by atoms with E-state index in [1.54, 1.807) is 6.92 Å². The summed E-state index contributed by atoms with van der Waals surface area (Å²) in [5.74, 6) is -0.595. The Morgan fingerprint density at radius 2 is 1.89 bits per heavy atom. The molecule has 1 aromatic carbocycles. The van der Waals surface area contributed by atoms with E-state index < -0.39 is 5.97 Å². The SMILES string of the molecule is CCOC(=O)CC(=O)c1ccc2c(c1)CCCC2. The Hall–Kier alpha value is -1.64. The van der Waals surface area contributed by atoms with Gasteiger partial charge in [-0.05, 0) is 49.8 Å². The molecule has 0 amide bonds. The van der Waals surface area contributed by atoms with Gasteiger partial charge in [0.1, 0.15) is 6.42 Å². The van der Waals surface area contributed by atoms with E-state index in [0.29, 0.717) is 12.2 Å². The molecule has 0 unspecified atom stereocenters. The Morgan fingerprint density at radius 1 is 1.17 bits per heavy atom. The van der Waals surface area contributed by atoms with Crippen molar-refractivity contribution in [3.8, 4) is 0 Å². The molecular formula is C15H18O3. The fourth-order valence-corrected chi connectivity index (χ4v) is 2.35. The first-order valence-electron chi connectivity index (χ1n) is 6.51. The van der Waals surface area contributed by atoms with Gasteiger partial charge in [-0.1, -0.05) is 12.1 Å². The third-order valence-electron chi connectivity index (χ3n) is 3.28. The minimum absolute atomic E-state index is 0.151. The highest BCUT2D eigenvalue weighted by Gasteiger charge is 2.15. The van der Waals surface area contributed by atoms with Crippen molar-refractivity contribution < 1.29 is 14.3 Å². The summed E-state index contributed by atoms with van der Waals surface area (Å²) in [4.78, 5) is 23.2. The second kappa shape index (κ2) is 5.80. The normalized spacial score (nSPS) is 13.8. The average Bonchev–Trinajstić information content (AvgIpc) is 2.38. The van der Waals surface area contributed by atoms with Crippen molar-refractivity contribution in [2.75, 3.05) is 6.61 Å². The number of hydrogen-bond donors (Lipinski definition) is 0. The molecule has 1 aromatic rings. The Kier molecular flexibility index (Phi) is 4.13. The van der Waals surface area contributed by atoms with Gasteiger partial charge in [-0.2, -0.15) is 0 Å². The summed E-state index contributed by atoms with van der Waals surface area (Å²) < 4.78 is 4.79. The maximum Gasteiger partial charge on any atom is 0.313 e. The zero-order valence-electron chi connectivity index (χ0n) is 10.7. The van der Waals surface area contributed by atoms with Crippen molar-refractivity contribution in [1.29, 1.82) is 0 Å². The largest absolute Gasteiger partial charge is 0.466 e. The maximum absolute atomic E-state index is 11.9. The van der Waals surface area contributed by atoms with Crippen LogP contribution in [0.2, 0.25) is 0 Å². The van der Waals surface area contributed by atoms with Crippen LogP contribution in [0.15, 0.2) is 18.2 Å². The number of hydrogen-bond acceptors (Lipinski definition) is 3. The third-order valence-corrected chi connectivity index (χ3v) is 3.28. The Morgan fingerprint density at radius 3 is 2.61 bits per heavy atom. The fraction of sp³-hybridized carbons (Fsp3) is 0.467. The molecule has 0 atom stereocenters. The Bertz CT molecular complexity index is 463. The summed E-state index contributed by atoms with van der Waals surface area (Å²) in [5, 5.41) is 0. The molecule has 0 saturated carbocycles. The molecule has 0 bridgehead atoms. The van der Waals surface area contributed by atoms with Crippen LogP contribution in [0.3, 0.4) is 0 Å². The summed E-state index contributed by atoms with van der Waals surface area (Å²) in [7, 11) is 0. The number of Topliss-reactive ketones (excluding diaryl/α,β-unsaturated/α-hetero) is 1. The average molecular weight is 246 g/mol. The van der Waals surface area contributed by atoms with Crippen LogP contribution < -0.4 is 0 Å². The zero-order valence-corrected chi connectivity index (χ0v) is 10.7. The van der Waals surface area contributed by atoms with E-state index in [-0.39, 0.29) is 12.2 Å². The van der Waals surface area contributed by atoms with Gasteiger partial charge in [-0.25, -0.2) is 0 Å². The summed E-state index contributed by atoms with van der Waals surface area (Å²) in [6.45, 7) is 2.05. The molecule has 96 valence electrons. The molecule has 0 fully saturated rings. The molecule has 0 spiro atoms. The lowest BCUT2D eigenvalue weighted by molar-refractivity contribution is -0.141. The van der Waals surface area contributed by atoms with Crippen LogP contribution in [0, 0.1) is 0 Å². The highest BCUT2D eigenvalue weighted by Crippen LogP contribution is 2.22. The van der Waals surface area contributed by atoms with E-state index in [2.05, 4.69) is 0 Å². The van der Waals surface area contributed by atoms with Gasteiger partial charge in [-0.15, -0.1) is 0 Å². The molecule has 1 aliphatic carbocycles. The number of fused-ring (bicyclic) bond motifs is 1. The predicted molar refractivity (Wildman–Crippen MR) is 68.7 cm³/mol. The predicted octanol–water partition coefficient (Wildman–Crippen LogP) is 2.70. The van der Waals surface area contributed by atoms with Crippen molar-refractivity contribution >= 4 is 11.8 Å². The molecule has 0 radical (unpaired) electrons. The van der Waals surface area contributed by atoms with Crippen molar-refractivity contribution in [3.63, 3.8) is 0 Å². The van der Waals surface area contributed by atoms with E-state index in [4.69, 9.17) is 4.74 Å². The first kappa shape index (κ1) is 12.8. The lowest BCUT2D eigenvalue weighted by Gasteiger charge is -2.16. The molecule has 1 aliphatic rings. The lowest BCUT2D eigenvalue weighted by atomic mass is 9.89. The number of esters is 1. The van der Waals surface area contributed by atoms with Crippen LogP contribution in [0.1, 0.15) is 47.7 Å². The number of rotatable bonds is 4. The second-order valence-corrected chi connectivity index (χ2v) is 4.60. The number of carbonyl (C=O) groups is 2. The van der Waals surface area contributed by atoms with E-state index in [1.807, 2.05) is 18.2 Å². The van der Waals surface area contributed by atoms with E-state index >= 15 is 0 Å². The molecule has 0 saturated heterocycles. The monoisotopic (exact) mass is 246 g/mol. The van der Waals surface area contributed by atoms with Crippen molar-refractivity contribution in [2.24, 2.45) is 0 Å². The van der Waals surface area contributed by atoms with Gasteiger partial charge in [0, 0.05) is 5.56 Å². The standard InChI is InChI=1S/C15H18O3/c1-2-18-15(17)10-14(16)13-8-7-11-5-3-4-6-12(11)9-13/h7-9H,2-6,10H2,1H3. The molecular weight excluding hydrogens is 228 g/mol. The molecule has 18 heavy (non-hydrogen) atoms. The quantitative estimate of drug-likeness (QED) is 0.466. The van der Waals surface area contributed by atoms with Gasteiger partial charge >= 0.3 is 5.97 Å². The van der Waals surface area contributed by atoms with Crippen LogP contribution in [-0.2, 0) is 22.4 Å². The number of ether oxygens (including phenoxy) is 1. The number of ketones is 1. The molecule has 3 heteroatoms. The highest BCUT2D eigenvalue weighted by atomic mass is 16.5. The van der Waals surface area contributed by atoms with Crippen LogP contribution in [-0.4, -0.2) is 18.4 Å². The molecule has 3 nitrogen and oxygen atoms in total. The van der Waals surface area contributed by atoms with Gasteiger partial charge in [0.05, 0.1) is 6.61 Å². The summed E-state index contributed by atoms with van der Waals surface area (Å²) >= 11 is 0. The highest BCUT2D eigenvalue weighted by molar-refractivity contribution is 6.06. The molecule has 0 aromatic heterocycles. The molecule has 2 rings (SSSR count). The molecule has 0 aliphatic heterocycles. The van der Waals surface area contributed by atoms with Gasteiger partial charge in [-0.3, -0.25) is 9.59 Å². The van der Waals surface area contributed by atoms with Crippen molar-refractivity contribution in [1.82, 2.24) is 0 Å². The van der Waals surface area contributed by atoms with Gasteiger partial charge in [0.25, 0.3) is 0 Å². The van der Waals surface area contributed by atoms with Crippen LogP contribution >= 0.6 is 0 Å². The second-order valence-electron chi connectivity index (χ2n) is 4.60. The van der Waals surface area contributed by atoms with E-state index in [0.717, 1.165) is 12.8 Å². The van der Waals surface area contributed by atoms with Gasteiger partial charge in [0.15, 0.2) is 5.78 Å². The summed E-state index contributed by atoms with van der Waals surface area (Å²) in [6.07, 6.45) is 4.38. The Labute approximate surface area is 107 Å². The van der Waals surface area contributed by atoms with Crippen molar-refractivity contribution in [2.45, 2.75) is 39.0 Å². The van der Waals surface area contributed by atoms with Crippen LogP contribution in [0.25, 0.3) is 0 Å². The molecule has 0 N–H and O–H groups in total. The fourth-order valence-electron chi connectivity index (χ4n) is 2.35. The summed E-state index contributed by atoms with van der Waals surface area (Å²) in [5.41, 5.74) is 3.23. The summed E-state index contributed by atoms with van der Waals surface area (Å²) in [6, 6.07) is 5.79. The van der Waals surface area contributed by atoms with Gasteiger partial charge < -0.3 is 4.74 Å². The van der Waals surface area contributed by atoms with Crippen LogP contribution in [0.5, 0.6) is 0 Å². The maximum atomic E-state index is 11.9. The zero-order chi connectivity index (χ0) is 13.0. The van der Waals surface area contributed by atoms with E-state index in [1.165, 1.54) is 24.0 Å². The third kappa shape index (κ3) is 2.97. The minimum atomic E-state index is -0.444. The number of aryl methyl sites for hydroxylation is 2. The lowest BCUT2D eigenvalue weighted by Crippen LogP contribution is -2.12. The van der Waals surface area contributed by atoms with Crippen molar-refractivity contribution in [3.05, 3.63) is 34.9 Å². The Balaban J connectivity index is 2.09. The topological polar surface area (TPSA) is 43.4 Å². The smallest absolute Gasteiger partial charge is 0.313 e. The number of benzene rings is 1. The van der Waals surface area contributed by atoms with Crippen LogP contribution in [0.4, 0.5) is 0 Å². The number of carbonyl (C=O) groups excluding carboxylic acids is 2. The first-order chi connectivity index (χ1) is 8.70. The van der Waals surface area contributed by atoms with Gasteiger partial charge in [0.2, 0.25) is 0 Å².